The van der Waals surface area contributed by atoms with Crippen LogP contribution in [0.3, 0.4) is 0 Å². The number of para-hydroxylation sites is 1. The summed E-state index contributed by atoms with van der Waals surface area (Å²) in [6.45, 7) is 0.650. The third kappa shape index (κ3) is 3.76. The van der Waals surface area contributed by atoms with Gasteiger partial charge in [-0.15, -0.1) is 0 Å². The van der Waals surface area contributed by atoms with Crippen molar-refractivity contribution in [2.75, 3.05) is 7.11 Å². The Morgan fingerprint density at radius 3 is 2.82 bits per heavy atom. The standard InChI is InChI=1S/C22H22ClN3O2/c1-28-21-8-3-2-5-16(21)14-26-20-7-4-6-19(18(20)13-24-26)25-22(27)15-9-11-17(23)12-10-15/h2-3,5,8-13,19H,4,6-7,14H2,1H3,(H,25,27)/t19-/m1/s1. The molecule has 5 nitrogen and oxygen atoms in total. The number of nitrogens with one attached hydrogen (secondary N) is 1. The Morgan fingerprint density at radius 2 is 2.04 bits per heavy atom. The highest BCUT2D eigenvalue weighted by Crippen LogP contribution is 2.31. The number of hydrogen-bond acceptors (Lipinski definition) is 3. The van der Waals surface area contributed by atoms with Gasteiger partial charge in [0.15, 0.2) is 0 Å². The zero-order valence-electron chi connectivity index (χ0n) is 15.7. The molecule has 1 amide bonds. The Balaban J connectivity index is 1.54. The summed E-state index contributed by atoms with van der Waals surface area (Å²) in [6, 6.07) is 14.9. The third-order valence-electron chi connectivity index (χ3n) is 5.19. The van der Waals surface area contributed by atoms with Crippen LogP contribution in [0.15, 0.2) is 54.7 Å². The van der Waals surface area contributed by atoms with Crippen LogP contribution in [0.5, 0.6) is 5.75 Å². The second-order valence-electron chi connectivity index (χ2n) is 6.94. The molecular formula is C22H22ClN3O2. The minimum atomic E-state index is -0.0907. The molecule has 0 fully saturated rings. The highest BCUT2D eigenvalue weighted by atomic mass is 35.5. The molecule has 0 aliphatic heterocycles. The molecule has 6 heteroatoms. The first-order valence-electron chi connectivity index (χ1n) is 9.38. The molecule has 1 N–H and O–H groups in total. The average molecular weight is 396 g/mol. The first-order valence-corrected chi connectivity index (χ1v) is 9.76. The number of ether oxygens (including phenoxy) is 1. The second-order valence-corrected chi connectivity index (χ2v) is 7.38. The molecule has 0 bridgehead atoms. The predicted octanol–water partition coefficient (Wildman–Crippen LogP) is 4.40. The summed E-state index contributed by atoms with van der Waals surface area (Å²) in [6.07, 6.45) is 4.76. The van der Waals surface area contributed by atoms with Crippen molar-refractivity contribution in [3.05, 3.63) is 82.1 Å². The topological polar surface area (TPSA) is 56.1 Å². The first-order chi connectivity index (χ1) is 13.7. The summed E-state index contributed by atoms with van der Waals surface area (Å²) in [5.41, 5.74) is 3.98. The van der Waals surface area contributed by atoms with Crippen LogP contribution in [0, 0.1) is 0 Å². The van der Waals surface area contributed by atoms with E-state index in [1.807, 2.05) is 29.1 Å². The number of rotatable bonds is 5. The van der Waals surface area contributed by atoms with Gasteiger partial charge in [0.05, 0.1) is 25.9 Å². The van der Waals surface area contributed by atoms with Gasteiger partial charge in [0.25, 0.3) is 5.91 Å². The number of benzene rings is 2. The zero-order chi connectivity index (χ0) is 19.5. The molecule has 1 aliphatic carbocycles. The maximum atomic E-state index is 12.6. The Morgan fingerprint density at radius 1 is 1.25 bits per heavy atom. The fourth-order valence-electron chi connectivity index (χ4n) is 3.74. The van der Waals surface area contributed by atoms with Crippen molar-refractivity contribution in [2.45, 2.75) is 31.8 Å². The summed E-state index contributed by atoms with van der Waals surface area (Å²) in [5, 5.41) is 8.37. The quantitative estimate of drug-likeness (QED) is 0.696. The van der Waals surface area contributed by atoms with Crippen LogP contribution in [0.4, 0.5) is 0 Å². The van der Waals surface area contributed by atoms with Crippen molar-refractivity contribution >= 4 is 17.5 Å². The molecule has 4 rings (SSSR count). The van der Waals surface area contributed by atoms with Gasteiger partial charge in [-0.3, -0.25) is 9.48 Å². The average Bonchev–Trinajstić information content (AvgIpc) is 3.13. The second kappa shape index (κ2) is 8.07. The molecule has 0 radical (unpaired) electrons. The van der Waals surface area contributed by atoms with Crippen LogP contribution in [-0.2, 0) is 13.0 Å². The summed E-state index contributed by atoms with van der Waals surface area (Å²) in [5.74, 6) is 0.766. The van der Waals surface area contributed by atoms with E-state index in [1.54, 1.807) is 31.4 Å². The van der Waals surface area contributed by atoms with Crippen LogP contribution >= 0.6 is 11.6 Å². The molecule has 3 aromatic rings. The van der Waals surface area contributed by atoms with E-state index in [1.165, 1.54) is 5.69 Å². The summed E-state index contributed by atoms with van der Waals surface area (Å²) < 4.78 is 7.48. The molecule has 144 valence electrons. The number of halogens is 1. The number of nitrogens with zero attached hydrogens (tertiary/aromatic N) is 2. The van der Waals surface area contributed by atoms with E-state index >= 15 is 0 Å². The van der Waals surface area contributed by atoms with Gasteiger partial charge in [-0.05, 0) is 49.6 Å². The Labute approximate surface area is 169 Å². The van der Waals surface area contributed by atoms with Crippen LogP contribution < -0.4 is 10.1 Å². The molecule has 1 aliphatic rings. The highest BCUT2D eigenvalue weighted by Gasteiger charge is 2.26. The number of amides is 1. The van der Waals surface area contributed by atoms with Gasteiger partial charge >= 0.3 is 0 Å². The van der Waals surface area contributed by atoms with Crippen molar-refractivity contribution in [3.8, 4) is 5.75 Å². The number of fused-ring (bicyclic) bond motifs is 1. The highest BCUT2D eigenvalue weighted by molar-refractivity contribution is 6.30. The fourth-order valence-corrected chi connectivity index (χ4v) is 3.87. The molecule has 1 heterocycles. The molecule has 0 spiro atoms. The van der Waals surface area contributed by atoms with E-state index in [2.05, 4.69) is 16.5 Å². The van der Waals surface area contributed by atoms with Crippen molar-refractivity contribution in [1.29, 1.82) is 0 Å². The predicted molar refractivity (Wildman–Crippen MR) is 109 cm³/mol. The Bertz CT molecular complexity index is 982. The van der Waals surface area contributed by atoms with E-state index in [0.717, 1.165) is 36.1 Å². The molecule has 1 aromatic heterocycles. The number of carbonyl (C=O) groups is 1. The lowest BCUT2D eigenvalue weighted by atomic mass is 9.92. The maximum Gasteiger partial charge on any atom is 0.251 e. The van der Waals surface area contributed by atoms with Crippen molar-refractivity contribution in [3.63, 3.8) is 0 Å². The number of aromatic nitrogens is 2. The molecule has 0 saturated carbocycles. The Kier molecular flexibility index (Phi) is 5.35. The normalized spacial score (nSPS) is 15.7. The van der Waals surface area contributed by atoms with E-state index < -0.39 is 0 Å². The van der Waals surface area contributed by atoms with E-state index in [0.29, 0.717) is 17.1 Å². The summed E-state index contributed by atoms with van der Waals surface area (Å²) >= 11 is 5.91. The molecule has 2 aromatic carbocycles. The minimum absolute atomic E-state index is 0.0293. The molecule has 0 unspecified atom stereocenters. The molecule has 28 heavy (non-hydrogen) atoms. The van der Waals surface area contributed by atoms with Crippen LogP contribution in [0.25, 0.3) is 0 Å². The van der Waals surface area contributed by atoms with Gasteiger partial charge in [-0.1, -0.05) is 29.8 Å². The first kappa shape index (κ1) is 18.6. The van der Waals surface area contributed by atoms with Gasteiger partial charge < -0.3 is 10.1 Å². The van der Waals surface area contributed by atoms with Crippen LogP contribution in [0.2, 0.25) is 5.02 Å². The Hall–Kier alpha value is -2.79. The van der Waals surface area contributed by atoms with Gasteiger partial charge in [0.1, 0.15) is 5.75 Å². The van der Waals surface area contributed by atoms with Gasteiger partial charge in [0, 0.05) is 27.4 Å². The van der Waals surface area contributed by atoms with Crippen LogP contribution in [-0.4, -0.2) is 22.8 Å². The van der Waals surface area contributed by atoms with Crippen molar-refractivity contribution in [2.24, 2.45) is 0 Å². The molecular weight excluding hydrogens is 374 g/mol. The fraction of sp³-hybridized carbons (Fsp3) is 0.273. The van der Waals surface area contributed by atoms with Crippen molar-refractivity contribution < 1.29 is 9.53 Å². The summed E-state index contributed by atoms with van der Waals surface area (Å²) in [4.78, 5) is 12.6. The lowest BCUT2D eigenvalue weighted by molar-refractivity contribution is 0.0932. The summed E-state index contributed by atoms with van der Waals surface area (Å²) in [7, 11) is 1.68. The third-order valence-corrected chi connectivity index (χ3v) is 5.44. The smallest absolute Gasteiger partial charge is 0.251 e. The monoisotopic (exact) mass is 395 g/mol. The van der Waals surface area contributed by atoms with Crippen LogP contribution in [0.1, 0.15) is 46.1 Å². The largest absolute Gasteiger partial charge is 0.496 e. The zero-order valence-corrected chi connectivity index (χ0v) is 16.4. The molecule has 0 saturated heterocycles. The molecule has 1 atom stereocenters. The number of carbonyl (C=O) groups excluding carboxylic acids is 1. The van der Waals surface area contributed by atoms with Crippen molar-refractivity contribution in [1.82, 2.24) is 15.1 Å². The number of hydrogen-bond donors (Lipinski definition) is 1. The SMILES string of the molecule is COc1ccccc1Cn1ncc2c1CCC[C@H]2NC(=O)c1ccc(Cl)cc1. The van der Waals surface area contributed by atoms with Gasteiger partial charge in [-0.2, -0.15) is 5.10 Å². The van der Waals surface area contributed by atoms with E-state index in [-0.39, 0.29) is 11.9 Å². The number of methoxy groups -OCH3 is 1. The maximum absolute atomic E-state index is 12.6. The lowest BCUT2D eigenvalue weighted by Gasteiger charge is -2.24. The lowest BCUT2D eigenvalue weighted by Crippen LogP contribution is -2.31. The van der Waals surface area contributed by atoms with E-state index in [9.17, 15) is 4.79 Å². The van der Waals surface area contributed by atoms with Gasteiger partial charge in [-0.25, -0.2) is 0 Å². The van der Waals surface area contributed by atoms with E-state index in [4.69, 9.17) is 16.3 Å². The minimum Gasteiger partial charge on any atom is -0.496 e. The van der Waals surface area contributed by atoms with Gasteiger partial charge in [0.2, 0.25) is 0 Å².